The van der Waals surface area contributed by atoms with Crippen LogP contribution in [0.5, 0.6) is 11.5 Å². The van der Waals surface area contributed by atoms with Crippen molar-refractivity contribution in [3.8, 4) is 11.5 Å². The minimum atomic E-state index is -4.33. The van der Waals surface area contributed by atoms with Gasteiger partial charge in [0.2, 0.25) is 0 Å². The minimum absolute atomic E-state index is 0.0632. The summed E-state index contributed by atoms with van der Waals surface area (Å²) in [5.41, 5.74) is 1.77. The molecule has 2 aromatic rings. The Hall–Kier alpha value is -2.89. The molecule has 0 atom stereocenters. The van der Waals surface area contributed by atoms with Gasteiger partial charge in [0.05, 0.1) is 12.7 Å². The number of allylic oxidation sites excluding steroid dienone is 2. The second-order valence-electron chi connectivity index (χ2n) is 5.56. The number of methoxy groups -OCH3 is 1. The Labute approximate surface area is 143 Å². The molecule has 0 aliphatic carbocycles. The quantitative estimate of drug-likeness (QED) is 0.863. The summed E-state index contributed by atoms with van der Waals surface area (Å²) in [6.07, 6.45) is 1.29. The van der Waals surface area contributed by atoms with Crippen LogP contribution in [-0.4, -0.2) is 18.8 Å². The normalized spacial score (nSPS) is 14.4. The van der Waals surface area contributed by atoms with E-state index in [2.05, 4.69) is 0 Å². The van der Waals surface area contributed by atoms with Gasteiger partial charge >= 0.3 is 6.18 Å². The van der Waals surface area contributed by atoms with Crippen molar-refractivity contribution in [2.75, 3.05) is 18.6 Å². The van der Waals surface area contributed by atoms with Crippen molar-refractivity contribution in [1.82, 2.24) is 0 Å². The third-order valence-electron chi connectivity index (χ3n) is 3.98. The fourth-order valence-electron chi connectivity index (χ4n) is 2.60. The van der Waals surface area contributed by atoms with Crippen LogP contribution in [0.15, 0.2) is 60.8 Å². The van der Waals surface area contributed by atoms with Gasteiger partial charge in [-0.3, -0.25) is 0 Å². The summed E-state index contributed by atoms with van der Waals surface area (Å²) in [5, 5.41) is 9.65. The number of ether oxygens (including phenoxy) is 1. The van der Waals surface area contributed by atoms with Crippen molar-refractivity contribution < 1.29 is 23.0 Å². The highest BCUT2D eigenvalue weighted by molar-refractivity contribution is 5.77. The number of phenols is 1. The molecule has 0 radical (unpaired) electrons. The third-order valence-corrected chi connectivity index (χ3v) is 3.98. The maximum atomic E-state index is 12.6. The summed E-state index contributed by atoms with van der Waals surface area (Å²) >= 11 is 0. The number of halogens is 3. The molecule has 0 saturated heterocycles. The SMILES string of the molecule is COc1cc(N2C=CC(c3ccc(C(F)(F)F)cc3)=CC2)ccc1O. The van der Waals surface area contributed by atoms with Crippen molar-refractivity contribution >= 4 is 11.3 Å². The molecule has 1 heterocycles. The van der Waals surface area contributed by atoms with Gasteiger partial charge in [0, 0.05) is 24.5 Å². The van der Waals surface area contributed by atoms with E-state index in [1.807, 2.05) is 23.3 Å². The monoisotopic (exact) mass is 347 g/mol. The number of benzene rings is 2. The van der Waals surface area contributed by atoms with Gasteiger partial charge in [-0.2, -0.15) is 13.2 Å². The lowest BCUT2D eigenvalue weighted by Gasteiger charge is -2.23. The van der Waals surface area contributed by atoms with E-state index in [1.165, 1.54) is 19.2 Å². The zero-order chi connectivity index (χ0) is 18.0. The number of hydrogen-bond donors (Lipinski definition) is 1. The first-order chi connectivity index (χ1) is 11.9. The lowest BCUT2D eigenvalue weighted by atomic mass is 10.0. The van der Waals surface area contributed by atoms with Gasteiger partial charge in [0.25, 0.3) is 0 Å². The molecule has 130 valence electrons. The van der Waals surface area contributed by atoms with Crippen LogP contribution in [0.3, 0.4) is 0 Å². The predicted molar refractivity (Wildman–Crippen MR) is 90.6 cm³/mol. The summed E-state index contributed by atoms with van der Waals surface area (Å²) in [7, 11) is 1.48. The van der Waals surface area contributed by atoms with Crippen LogP contribution in [0.4, 0.5) is 18.9 Å². The zero-order valence-corrected chi connectivity index (χ0v) is 13.4. The average molecular weight is 347 g/mol. The molecule has 6 heteroatoms. The van der Waals surface area contributed by atoms with Crippen LogP contribution in [0.1, 0.15) is 11.1 Å². The van der Waals surface area contributed by atoms with E-state index in [1.54, 1.807) is 18.2 Å². The molecular weight excluding hydrogens is 331 g/mol. The number of rotatable bonds is 3. The molecule has 2 aromatic carbocycles. The molecule has 3 rings (SSSR count). The third kappa shape index (κ3) is 3.63. The Kier molecular flexibility index (Phi) is 4.44. The molecule has 25 heavy (non-hydrogen) atoms. The summed E-state index contributed by atoms with van der Waals surface area (Å²) in [4.78, 5) is 1.94. The predicted octanol–water partition coefficient (Wildman–Crippen LogP) is 4.84. The standard InChI is InChI=1S/C19H16F3NO2/c1-25-18-12-16(6-7-17(18)24)23-10-8-14(9-11-23)13-2-4-15(5-3-13)19(20,21)22/h2-10,12,24H,11H2,1H3. The first-order valence-corrected chi connectivity index (χ1v) is 7.58. The Morgan fingerprint density at radius 1 is 1.08 bits per heavy atom. The molecule has 0 fully saturated rings. The van der Waals surface area contributed by atoms with Gasteiger partial charge in [-0.25, -0.2) is 0 Å². The van der Waals surface area contributed by atoms with Gasteiger partial charge < -0.3 is 14.7 Å². The van der Waals surface area contributed by atoms with Crippen molar-refractivity contribution in [1.29, 1.82) is 0 Å². The van der Waals surface area contributed by atoms with Gasteiger partial charge in [-0.15, -0.1) is 0 Å². The van der Waals surface area contributed by atoms with Gasteiger partial charge in [0.1, 0.15) is 0 Å². The molecule has 0 spiro atoms. The van der Waals surface area contributed by atoms with Crippen molar-refractivity contribution in [2.24, 2.45) is 0 Å². The second kappa shape index (κ2) is 6.55. The lowest BCUT2D eigenvalue weighted by molar-refractivity contribution is -0.137. The van der Waals surface area contributed by atoms with E-state index >= 15 is 0 Å². The molecule has 1 aliphatic heterocycles. The van der Waals surface area contributed by atoms with Crippen molar-refractivity contribution in [3.05, 3.63) is 71.9 Å². The second-order valence-corrected chi connectivity index (χ2v) is 5.56. The highest BCUT2D eigenvalue weighted by Gasteiger charge is 2.30. The fraction of sp³-hybridized carbons (Fsp3) is 0.158. The smallest absolute Gasteiger partial charge is 0.416 e. The van der Waals surface area contributed by atoms with Gasteiger partial charge in [-0.1, -0.05) is 18.2 Å². The van der Waals surface area contributed by atoms with E-state index in [-0.39, 0.29) is 5.75 Å². The zero-order valence-electron chi connectivity index (χ0n) is 13.4. The van der Waals surface area contributed by atoms with Crippen molar-refractivity contribution in [3.63, 3.8) is 0 Å². The summed E-state index contributed by atoms with van der Waals surface area (Å²) in [5.74, 6) is 0.441. The molecule has 0 unspecified atom stereocenters. The molecule has 0 saturated carbocycles. The molecule has 0 bridgehead atoms. The van der Waals surface area contributed by atoms with E-state index < -0.39 is 11.7 Å². The van der Waals surface area contributed by atoms with Crippen LogP contribution in [0.25, 0.3) is 5.57 Å². The minimum Gasteiger partial charge on any atom is -0.504 e. The number of anilines is 1. The lowest BCUT2D eigenvalue weighted by Crippen LogP contribution is -2.18. The number of aromatic hydroxyl groups is 1. The molecule has 0 aromatic heterocycles. The van der Waals surface area contributed by atoms with Crippen LogP contribution < -0.4 is 9.64 Å². The topological polar surface area (TPSA) is 32.7 Å². The number of nitrogens with zero attached hydrogens (tertiary/aromatic N) is 1. The molecule has 0 amide bonds. The highest BCUT2D eigenvalue weighted by Crippen LogP contribution is 2.33. The summed E-state index contributed by atoms with van der Waals surface area (Å²) in [6.45, 7) is 0.556. The van der Waals surface area contributed by atoms with E-state index in [0.29, 0.717) is 12.3 Å². The first kappa shape index (κ1) is 17.0. The number of phenolic OH excluding ortho intramolecular Hbond substituents is 1. The largest absolute Gasteiger partial charge is 0.504 e. The maximum Gasteiger partial charge on any atom is 0.416 e. The first-order valence-electron chi connectivity index (χ1n) is 7.58. The van der Waals surface area contributed by atoms with Gasteiger partial charge in [0.15, 0.2) is 11.5 Å². The van der Waals surface area contributed by atoms with E-state index in [0.717, 1.165) is 29.0 Å². The maximum absolute atomic E-state index is 12.6. The summed E-state index contributed by atoms with van der Waals surface area (Å²) in [6, 6.07) is 10.1. The van der Waals surface area contributed by atoms with Crippen LogP contribution in [-0.2, 0) is 6.18 Å². The van der Waals surface area contributed by atoms with Crippen LogP contribution in [0, 0.1) is 0 Å². The number of hydrogen-bond acceptors (Lipinski definition) is 3. The Bertz CT molecular complexity index is 824. The molecule has 3 nitrogen and oxygen atoms in total. The Morgan fingerprint density at radius 2 is 1.80 bits per heavy atom. The van der Waals surface area contributed by atoms with Gasteiger partial charge in [-0.05, 0) is 41.5 Å². The van der Waals surface area contributed by atoms with Crippen LogP contribution >= 0.6 is 0 Å². The summed E-state index contributed by atoms with van der Waals surface area (Å²) < 4.78 is 43.0. The van der Waals surface area contributed by atoms with Crippen LogP contribution in [0.2, 0.25) is 0 Å². The van der Waals surface area contributed by atoms with E-state index in [4.69, 9.17) is 4.74 Å². The Morgan fingerprint density at radius 3 is 2.36 bits per heavy atom. The number of alkyl halides is 3. The van der Waals surface area contributed by atoms with E-state index in [9.17, 15) is 18.3 Å². The molecule has 1 aliphatic rings. The highest BCUT2D eigenvalue weighted by atomic mass is 19.4. The molecular formula is C19H16F3NO2. The van der Waals surface area contributed by atoms with Crippen molar-refractivity contribution in [2.45, 2.75) is 6.18 Å². The Balaban J connectivity index is 1.76. The average Bonchev–Trinajstić information content (AvgIpc) is 2.62. The fourth-order valence-corrected chi connectivity index (χ4v) is 2.60. The molecule has 1 N–H and O–H groups in total.